The van der Waals surface area contributed by atoms with Gasteiger partial charge in [-0.3, -0.25) is 0 Å². The molecule has 0 bridgehead atoms. The van der Waals surface area contributed by atoms with Gasteiger partial charge in [-0.25, -0.2) is 15.0 Å². The van der Waals surface area contributed by atoms with Crippen LogP contribution >= 0.6 is 11.6 Å². The summed E-state index contributed by atoms with van der Waals surface area (Å²) >= 11 is 6.21. The average Bonchev–Trinajstić information content (AvgIpc) is 3.10. The normalized spacial score (nSPS) is 14.9. The molecular weight excluding hydrogens is 400 g/mol. The van der Waals surface area contributed by atoms with Crippen LogP contribution in [-0.4, -0.2) is 33.9 Å². The van der Waals surface area contributed by atoms with Crippen molar-refractivity contribution in [2.24, 2.45) is 0 Å². The standard InChI is InChI=1S/C22H31ClN4OSi/c1-16(27-15-26-19-20(23)24-14-25-21(19)27)18(28-29(5,6)22(2,3)4)13-12-17-10-8-7-9-11-17/h7-11,14-16,18H,12-13H2,1-6H3/t16-,18-/m1/s1. The number of hydrogen-bond acceptors (Lipinski definition) is 4. The van der Waals surface area contributed by atoms with Crippen LogP contribution in [0.1, 0.15) is 45.7 Å². The van der Waals surface area contributed by atoms with Crippen molar-refractivity contribution in [1.82, 2.24) is 19.5 Å². The molecule has 2 heterocycles. The highest BCUT2D eigenvalue weighted by molar-refractivity contribution is 6.74. The molecule has 156 valence electrons. The molecule has 29 heavy (non-hydrogen) atoms. The van der Waals surface area contributed by atoms with E-state index in [4.69, 9.17) is 16.0 Å². The fourth-order valence-corrected chi connectivity index (χ4v) is 4.81. The van der Waals surface area contributed by atoms with Crippen molar-refractivity contribution >= 4 is 31.1 Å². The van der Waals surface area contributed by atoms with Gasteiger partial charge in [-0.05, 0) is 43.5 Å². The number of imidazole rings is 1. The first kappa shape index (κ1) is 21.9. The zero-order valence-electron chi connectivity index (χ0n) is 18.2. The van der Waals surface area contributed by atoms with Crippen LogP contribution in [0.25, 0.3) is 11.2 Å². The Hall–Kier alpha value is -1.76. The van der Waals surface area contributed by atoms with E-state index in [9.17, 15) is 0 Å². The van der Waals surface area contributed by atoms with Crippen LogP contribution in [0.5, 0.6) is 0 Å². The Labute approximate surface area is 179 Å². The van der Waals surface area contributed by atoms with E-state index in [1.165, 1.54) is 11.9 Å². The Morgan fingerprint density at radius 1 is 1.10 bits per heavy atom. The third-order valence-corrected chi connectivity index (χ3v) is 10.9. The van der Waals surface area contributed by atoms with Crippen molar-refractivity contribution in [3.63, 3.8) is 0 Å². The van der Waals surface area contributed by atoms with E-state index in [1.807, 2.05) is 0 Å². The molecule has 5 nitrogen and oxygen atoms in total. The molecule has 1 aromatic carbocycles. The van der Waals surface area contributed by atoms with Crippen LogP contribution in [0.3, 0.4) is 0 Å². The third-order valence-electron chi connectivity index (χ3n) is 6.10. The minimum absolute atomic E-state index is 0.0437. The highest BCUT2D eigenvalue weighted by atomic mass is 35.5. The summed E-state index contributed by atoms with van der Waals surface area (Å²) in [6.45, 7) is 13.6. The highest BCUT2D eigenvalue weighted by Crippen LogP contribution is 2.39. The number of hydrogen-bond donors (Lipinski definition) is 0. The molecule has 0 aliphatic heterocycles. The second-order valence-electron chi connectivity index (χ2n) is 9.17. The van der Waals surface area contributed by atoms with Gasteiger partial charge < -0.3 is 8.99 Å². The summed E-state index contributed by atoms with van der Waals surface area (Å²) in [5.41, 5.74) is 2.71. The quantitative estimate of drug-likeness (QED) is 0.337. The van der Waals surface area contributed by atoms with E-state index in [-0.39, 0.29) is 17.2 Å². The SMILES string of the molecule is C[C@H]([C@@H](CCc1ccccc1)O[Si](C)(C)C(C)(C)C)n1cnc2c(Cl)ncnc21. The number of fused-ring (bicyclic) bond motifs is 1. The molecule has 0 amide bonds. The van der Waals surface area contributed by atoms with Gasteiger partial charge in [0.1, 0.15) is 11.8 Å². The summed E-state index contributed by atoms with van der Waals surface area (Å²) in [5.74, 6) is 0. The van der Waals surface area contributed by atoms with Crippen LogP contribution < -0.4 is 0 Å². The van der Waals surface area contributed by atoms with Gasteiger partial charge in [-0.2, -0.15) is 0 Å². The van der Waals surface area contributed by atoms with Crippen molar-refractivity contribution in [2.75, 3.05) is 0 Å². The van der Waals surface area contributed by atoms with Crippen LogP contribution in [0, 0.1) is 0 Å². The maximum Gasteiger partial charge on any atom is 0.192 e. The summed E-state index contributed by atoms with van der Waals surface area (Å²) in [6.07, 6.45) is 5.23. The third kappa shape index (κ3) is 4.87. The maximum absolute atomic E-state index is 6.90. The van der Waals surface area contributed by atoms with Gasteiger partial charge in [0, 0.05) is 0 Å². The van der Waals surface area contributed by atoms with E-state index in [2.05, 4.69) is 90.6 Å². The largest absolute Gasteiger partial charge is 0.412 e. The molecule has 0 aliphatic carbocycles. The predicted molar refractivity (Wildman–Crippen MR) is 122 cm³/mol. The molecule has 0 saturated heterocycles. The molecule has 0 saturated carbocycles. The van der Waals surface area contributed by atoms with Gasteiger partial charge >= 0.3 is 0 Å². The number of nitrogens with zero attached hydrogens (tertiary/aromatic N) is 4. The molecule has 0 aliphatic rings. The van der Waals surface area contributed by atoms with Gasteiger partial charge in [0.15, 0.2) is 19.1 Å². The molecule has 3 aromatic rings. The Morgan fingerprint density at radius 2 is 1.79 bits per heavy atom. The lowest BCUT2D eigenvalue weighted by Crippen LogP contribution is -2.46. The Balaban J connectivity index is 1.91. The molecule has 0 spiro atoms. The monoisotopic (exact) mass is 430 g/mol. The molecule has 7 heteroatoms. The summed E-state index contributed by atoms with van der Waals surface area (Å²) < 4.78 is 8.98. The number of halogens is 1. The van der Waals surface area contributed by atoms with E-state index in [0.29, 0.717) is 10.7 Å². The smallest absolute Gasteiger partial charge is 0.192 e. The molecule has 3 rings (SSSR count). The molecule has 2 aromatic heterocycles. The number of aromatic nitrogens is 4. The van der Waals surface area contributed by atoms with Crippen molar-refractivity contribution in [3.05, 3.63) is 53.7 Å². The zero-order valence-corrected chi connectivity index (χ0v) is 19.9. The lowest BCUT2D eigenvalue weighted by molar-refractivity contribution is 0.122. The zero-order chi connectivity index (χ0) is 21.2. The summed E-state index contributed by atoms with van der Waals surface area (Å²) in [6, 6.07) is 10.7. The van der Waals surface area contributed by atoms with Crippen LogP contribution in [0.15, 0.2) is 43.0 Å². The van der Waals surface area contributed by atoms with E-state index < -0.39 is 8.32 Å². The van der Waals surface area contributed by atoms with E-state index >= 15 is 0 Å². The summed E-state index contributed by atoms with van der Waals surface area (Å²) in [7, 11) is -1.95. The van der Waals surface area contributed by atoms with E-state index in [0.717, 1.165) is 18.5 Å². The fourth-order valence-electron chi connectivity index (χ4n) is 3.21. The minimum atomic E-state index is -1.95. The van der Waals surface area contributed by atoms with Gasteiger partial charge in [0.25, 0.3) is 0 Å². The van der Waals surface area contributed by atoms with Crippen molar-refractivity contribution < 1.29 is 4.43 Å². The Kier molecular flexibility index (Phi) is 6.46. The number of rotatable bonds is 7. The van der Waals surface area contributed by atoms with Gasteiger partial charge in [-0.15, -0.1) is 0 Å². The predicted octanol–water partition coefficient (Wildman–Crippen LogP) is 6.06. The fraction of sp³-hybridized carbons (Fsp3) is 0.500. The second kappa shape index (κ2) is 8.54. The Morgan fingerprint density at radius 3 is 2.45 bits per heavy atom. The van der Waals surface area contributed by atoms with Gasteiger partial charge in [-0.1, -0.05) is 62.7 Å². The molecule has 0 N–H and O–H groups in total. The van der Waals surface area contributed by atoms with Gasteiger partial charge in [0.05, 0.1) is 18.5 Å². The summed E-state index contributed by atoms with van der Waals surface area (Å²) in [5, 5.41) is 0.521. The number of benzene rings is 1. The van der Waals surface area contributed by atoms with Crippen molar-refractivity contribution in [2.45, 2.75) is 70.8 Å². The van der Waals surface area contributed by atoms with E-state index in [1.54, 1.807) is 6.33 Å². The van der Waals surface area contributed by atoms with Crippen molar-refractivity contribution in [3.8, 4) is 0 Å². The molecule has 0 unspecified atom stereocenters. The average molecular weight is 431 g/mol. The van der Waals surface area contributed by atoms with Crippen LogP contribution in [0.4, 0.5) is 0 Å². The lowest BCUT2D eigenvalue weighted by atomic mass is 10.0. The summed E-state index contributed by atoms with van der Waals surface area (Å²) in [4.78, 5) is 12.9. The molecule has 0 fully saturated rings. The Bertz CT molecular complexity index is 952. The second-order valence-corrected chi connectivity index (χ2v) is 14.3. The molecular formula is C22H31ClN4OSi. The minimum Gasteiger partial charge on any atom is -0.412 e. The van der Waals surface area contributed by atoms with Crippen molar-refractivity contribution in [1.29, 1.82) is 0 Å². The lowest BCUT2D eigenvalue weighted by Gasteiger charge is -2.41. The maximum atomic E-state index is 6.90. The first-order valence-electron chi connectivity index (χ1n) is 10.1. The van der Waals surface area contributed by atoms with Crippen LogP contribution in [-0.2, 0) is 10.8 Å². The number of aryl methyl sites for hydroxylation is 1. The van der Waals surface area contributed by atoms with Gasteiger partial charge in [0.2, 0.25) is 0 Å². The highest BCUT2D eigenvalue weighted by Gasteiger charge is 2.40. The van der Waals surface area contributed by atoms with Crippen LogP contribution in [0.2, 0.25) is 23.3 Å². The molecule has 2 atom stereocenters. The molecule has 0 radical (unpaired) electrons. The first-order valence-corrected chi connectivity index (χ1v) is 13.4. The topological polar surface area (TPSA) is 52.8 Å². The first-order chi connectivity index (χ1) is 13.6.